The molecule has 7 nitrogen and oxygen atoms in total. The number of carbonyl (C=O) groups is 2. The van der Waals surface area contributed by atoms with Gasteiger partial charge in [-0.2, -0.15) is 4.31 Å². The van der Waals surface area contributed by atoms with E-state index in [0.29, 0.717) is 30.0 Å². The van der Waals surface area contributed by atoms with Crippen LogP contribution in [0.1, 0.15) is 37.0 Å². The van der Waals surface area contributed by atoms with E-state index < -0.39 is 15.9 Å². The van der Waals surface area contributed by atoms with E-state index >= 15 is 0 Å². The van der Waals surface area contributed by atoms with Gasteiger partial charge in [0.25, 0.3) is 5.91 Å². The van der Waals surface area contributed by atoms with Gasteiger partial charge in [0.15, 0.2) is 0 Å². The first-order valence-corrected chi connectivity index (χ1v) is 11.6. The minimum absolute atomic E-state index is 0.00435. The topological polar surface area (TPSA) is 95.6 Å². The molecule has 2 amide bonds. The van der Waals surface area contributed by atoms with Crippen molar-refractivity contribution in [1.29, 1.82) is 0 Å². The zero-order valence-corrected chi connectivity index (χ0v) is 18.4. The normalized spacial score (nSPS) is 13.9. The van der Waals surface area contributed by atoms with Crippen LogP contribution in [0.5, 0.6) is 0 Å². The number of nitrogens with zero attached hydrogens (tertiary/aromatic N) is 1. The molecular weight excluding hydrogens is 426 g/mol. The van der Waals surface area contributed by atoms with Crippen LogP contribution in [-0.4, -0.2) is 37.6 Å². The van der Waals surface area contributed by atoms with Crippen molar-refractivity contribution < 1.29 is 18.0 Å². The molecule has 0 bridgehead atoms. The van der Waals surface area contributed by atoms with Crippen molar-refractivity contribution >= 4 is 44.8 Å². The molecule has 0 aromatic heterocycles. The maximum absolute atomic E-state index is 12.8. The van der Waals surface area contributed by atoms with Crippen molar-refractivity contribution in [2.75, 3.05) is 23.7 Å². The molecule has 0 spiro atoms. The number of hydrogen-bond acceptors (Lipinski definition) is 4. The van der Waals surface area contributed by atoms with E-state index in [-0.39, 0.29) is 21.7 Å². The summed E-state index contributed by atoms with van der Waals surface area (Å²) in [5.74, 6) is -0.307. The summed E-state index contributed by atoms with van der Waals surface area (Å²) in [6, 6.07) is 10.9. The molecular formula is C21H24ClN3O4S. The first kappa shape index (κ1) is 22.3. The number of nitrogens with one attached hydrogen (secondary N) is 2. The average molecular weight is 450 g/mol. The number of benzene rings is 2. The number of halogens is 1. The lowest BCUT2D eigenvalue weighted by Crippen LogP contribution is -2.30. The lowest BCUT2D eigenvalue weighted by atomic mass is 10.2. The first-order chi connectivity index (χ1) is 14.3. The second-order valence-electron chi connectivity index (χ2n) is 7.03. The summed E-state index contributed by atoms with van der Waals surface area (Å²) in [5.41, 5.74) is 1.33. The summed E-state index contributed by atoms with van der Waals surface area (Å²) in [5, 5.41) is 5.60. The zero-order valence-electron chi connectivity index (χ0n) is 16.8. The Morgan fingerprint density at radius 3 is 2.17 bits per heavy atom. The van der Waals surface area contributed by atoms with Gasteiger partial charge < -0.3 is 10.6 Å². The van der Waals surface area contributed by atoms with Gasteiger partial charge in [-0.25, -0.2) is 8.42 Å². The van der Waals surface area contributed by atoms with Crippen LogP contribution in [0, 0.1) is 5.92 Å². The van der Waals surface area contributed by atoms with E-state index in [0.717, 1.165) is 12.8 Å². The van der Waals surface area contributed by atoms with Gasteiger partial charge in [0, 0.05) is 35.9 Å². The van der Waals surface area contributed by atoms with Gasteiger partial charge >= 0.3 is 0 Å². The summed E-state index contributed by atoms with van der Waals surface area (Å²) >= 11 is 6.12. The minimum Gasteiger partial charge on any atom is -0.326 e. The summed E-state index contributed by atoms with van der Waals surface area (Å²) in [4.78, 5) is 24.3. The third-order valence-electron chi connectivity index (χ3n) is 4.88. The highest BCUT2D eigenvalue weighted by atomic mass is 35.5. The molecule has 0 radical (unpaired) electrons. The SMILES string of the molecule is CCN(CC)S(=O)(=O)c1cc(NC(=O)c2ccc(NC(=O)C3CC3)cc2)ccc1Cl. The second-order valence-corrected chi connectivity index (χ2v) is 9.34. The molecule has 1 saturated carbocycles. The molecule has 0 unspecified atom stereocenters. The molecule has 1 aliphatic rings. The monoisotopic (exact) mass is 449 g/mol. The molecule has 9 heteroatoms. The smallest absolute Gasteiger partial charge is 0.255 e. The Morgan fingerprint density at radius 2 is 1.60 bits per heavy atom. The fourth-order valence-electron chi connectivity index (χ4n) is 2.98. The van der Waals surface area contributed by atoms with Crippen molar-refractivity contribution in [3.8, 4) is 0 Å². The molecule has 1 aliphatic carbocycles. The van der Waals surface area contributed by atoms with Gasteiger partial charge in [-0.05, 0) is 55.3 Å². The van der Waals surface area contributed by atoms with Crippen molar-refractivity contribution in [3.05, 3.63) is 53.1 Å². The molecule has 0 atom stereocenters. The highest BCUT2D eigenvalue weighted by molar-refractivity contribution is 7.89. The highest BCUT2D eigenvalue weighted by Gasteiger charge is 2.29. The third kappa shape index (κ3) is 5.00. The number of hydrogen-bond donors (Lipinski definition) is 2. The molecule has 0 heterocycles. The van der Waals surface area contributed by atoms with E-state index in [9.17, 15) is 18.0 Å². The standard InChI is InChI=1S/C21H24ClN3O4S/c1-3-25(4-2)30(28,29)19-13-17(11-12-18(19)22)24-21(27)15-7-9-16(10-8-15)23-20(26)14-5-6-14/h7-14H,3-6H2,1-2H3,(H,23,26)(H,24,27). The van der Waals surface area contributed by atoms with Crippen LogP contribution in [-0.2, 0) is 14.8 Å². The van der Waals surface area contributed by atoms with Crippen molar-refractivity contribution in [2.45, 2.75) is 31.6 Å². The van der Waals surface area contributed by atoms with E-state index in [2.05, 4.69) is 10.6 Å². The Kier molecular flexibility index (Phi) is 6.80. The predicted octanol–water partition coefficient (Wildman–Crippen LogP) is 3.97. The average Bonchev–Trinajstić information content (AvgIpc) is 3.56. The van der Waals surface area contributed by atoms with Crippen LogP contribution < -0.4 is 10.6 Å². The summed E-state index contributed by atoms with van der Waals surface area (Å²) in [7, 11) is -3.76. The fourth-order valence-corrected chi connectivity index (χ4v) is 4.94. The molecule has 0 saturated heterocycles. The van der Waals surface area contributed by atoms with Crippen LogP contribution in [0.15, 0.2) is 47.4 Å². The van der Waals surface area contributed by atoms with Gasteiger partial charge in [-0.1, -0.05) is 25.4 Å². The maximum Gasteiger partial charge on any atom is 0.255 e. The van der Waals surface area contributed by atoms with Crippen LogP contribution in [0.2, 0.25) is 5.02 Å². The van der Waals surface area contributed by atoms with Crippen molar-refractivity contribution in [3.63, 3.8) is 0 Å². The van der Waals surface area contributed by atoms with Gasteiger partial charge in [0.2, 0.25) is 15.9 Å². The van der Waals surface area contributed by atoms with E-state index in [1.54, 1.807) is 44.2 Å². The number of carbonyl (C=O) groups excluding carboxylic acids is 2. The minimum atomic E-state index is -3.76. The predicted molar refractivity (Wildman–Crippen MR) is 117 cm³/mol. The first-order valence-electron chi connectivity index (χ1n) is 9.78. The van der Waals surface area contributed by atoms with E-state index in [4.69, 9.17) is 11.6 Å². The van der Waals surface area contributed by atoms with Gasteiger partial charge in [-0.15, -0.1) is 0 Å². The largest absolute Gasteiger partial charge is 0.326 e. The number of anilines is 2. The Labute approximate surface area is 181 Å². The van der Waals surface area contributed by atoms with Crippen LogP contribution in [0.3, 0.4) is 0 Å². The molecule has 3 rings (SSSR count). The Morgan fingerprint density at radius 1 is 1.00 bits per heavy atom. The van der Waals surface area contributed by atoms with Gasteiger partial charge in [-0.3, -0.25) is 9.59 Å². The molecule has 2 N–H and O–H groups in total. The quantitative estimate of drug-likeness (QED) is 0.637. The van der Waals surface area contributed by atoms with Gasteiger partial charge in [0.1, 0.15) is 4.90 Å². The van der Waals surface area contributed by atoms with Crippen molar-refractivity contribution in [1.82, 2.24) is 4.31 Å². The molecule has 2 aromatic carbocycles. The van der Waals surface area contributed by atoms with E-state index in [1.807, 2.05) is 0 Å². The van der Waals surface area contributed by atoms with Crippen LogP contribution >= 0.6 is 11.6 Å². The molecule has 30 heavy (non-hydrogen) atoms. The summed E-state index contributed by atoms with van der Waals surface area (Å²) in [6.45, 7) is 4.12. The van der Waals surface area contributed by atoms with E-state index in [1.165, 1.54) is 16.4 Å². The third-order valence-corrected chi connectivity index (χ3v) is 7.41. The number of rotatable bonds is 8. The summed E-state index contributed by atoms with van der Waals surface area (Å²) < 4.78 is 26.9. The molecule has 1 fully saturated rings. The van der Waals surface area contributed by atoms with Crippen molar-refractivity contribution in [2.24, 2.45) is 5.92 Å². The molecule has 160 valence electrons. The highest BCUT2D eigenvalue weighted by Crippen LogP contribution is 2.30. The number of sulfonamides is 1. The lowest BCUT2D eigenvalue weighted by molar-refractivity contribution is -0.117. The molecule has 2 aromatic rings. The molecule has 0 aliphatic heterocycles. The number of amides is 2. The van der Waals surface area contributed by atoms with Crippen LogP contribution in [0.4, 0.5) is 11.4 Å². The maximum atomic E-state index is 12.8. The Hall–Kier alpha value is -2.42. The fraction of sp³-hybridized carbons (Fsp3) is 0.333. The van der Waals surface area contributed by atoms with Crippen LogP contribution in [0.25, 0.3) is 0 Å². The summed E-state index contributed by atoms with van der Waals surface area (Å²) in [6.07, 6.45) is 1.83. The Bertz CT molecular complexity index is 1050. The lowest BCUT2D eigenvalue weighted by Gasteiger charge is -2.19. The van der Waals surface area contributed by atoms with Gasteiger partial charge in [0.05, 0.1) is 5.02 Å². The Balaban J connectivity index is 1.74. The second kappa shape index (κ2) is 9.16. The zero-order chi connectivity index (χ0) is 21.9.